The monoisotopic (exact) mass is 367 g/mol. The van der Waals surface area contributed by atoms with Gasteiger partial charge in [0.1, 0.15) is 5.75 Å². The fourth-order valence-corrected chi connectivity index (χ4v) is 5.89. The second-order valence-electron chi connectivity index (χ2n) is 8.02. The number of benzene rings is 1. The van der Waals surface area contributed by atoms with Gasteiger partial charge < -0.3 is 10.1 Å². The molecule has 4 aliphatic carbocycles. The van der Waals surface area contributed by atoms with Crippen LogP contribution in [0.3, 0.4) is 0 Å². The van der Waals surface area contributed by atoms with Crippen molar-refractivity contribution in [2.45, 2.75) is 57.1 Å². The number of halogens is 2. The molecule has 0 saturated heterocycles. The molecule has 5 heteroatoms. The van der Waals surface area contributed by atoms with E-state index in [4.69, 9.17) is 27.9 Å². The quantitative estimate of drug-likeness (QED) is 0.825. The summed E-state index contributed by atoms with van der Waals surface area (Å²) in [7, 11) is 0. The molecule has 1 aromatic carbocycles. The highest BCUT2D eigenvalue weighted by molar-refractivity contribution is 6.35. The van der Waals surface area contributed by atoms with Crippen LogP contribution in [0.15, 0.2) is 18.2 Å². The summed E-state index contributed by atoms with van der Waals surface area (Å²) in [6, 6.07) is 5.05. The summed E-state index contributed by atoms with van der Waals surface area (Å²) < 4.78 is 5.77. The Hall–Kier alpha value is -0.930. The Labute approximate surface area is 153 Å². The third-order valence-corrected chi connectivity index (χ3v) is 6.52. The van der Waals surface area contributed by atoms with Crippen molar-refractivity contribution in [3.8, 4) is 5.75 Å². The predicted octanol–water partition coefficient (Wildman–Crippen LogP) is 4.85. The van der Waals surface area contributed by atoms with E-state index in [1.54, 1.807) is 25.1 Å². The number of hydrogen-bond donors (Lipinski definition) is 1. The normalized spacial score (nSPS) is 34.9. The highest BCUT2D eigenvalue weighted by Gasteiger charge is 2.51. The number of nitrogens with one attached hydrogen (secondary N) is 1. The second-order valence-corrected chi connectivity index (χ2v) is 8.87. The van der Waals surface area contributed by atoms with Crippen molar-refractivity contribution in [1.82, 2.24) is 5.32 Å². The summed E-state index contributed by atoms with van der Waals surface area (Å²) in [6.07, 6.45) is 6.93. The Morgan fingerprint density at radius 2 is 1.75 bits per heavy atom. The van der Waals surface area contributed by atoms with E-state index in [0.29, 0.717) is 15.8 Å². The third kappa shape index (κ3) is 3.13. The molecule has 4 aliphatic rings. The van der Waals surface area contributed by atoms with E-state index < -0.39 is 6.10 Å². The van der Waals surface area contributed by atoms with Crippen LogP contribution in [0.25, 0.3) is 0 Å². The van der Waals surface area contributed by atoms with Crippen molar-refractivity contribution >= 4 is 29.1 Å². The first-order chi connectivity index (χ1) is 11.4. The van der Waals surface area contributed by atoms with E-state index in [1.165, 1.54) is 19.3 Å². The topological polar surface area (TPSA) is 38.3 Å². The first-order valence-corrected chi connectivity index (χ1v) is 9.62. The molecule has 0 aromatic heterocycles. The lowest BCUT2D eigenvalue weighted by molar-refractivity contribution is -0.133. The van der Waals surface area contributed by atoms with Crippen LogP contribution < -0.4 is 10.1 Å². The van der Waals surface area contributed by atoms with Gasteiger partial charge in [-0.15, -0.1) is 0 Å². The Kier molecular flexibility index (Phi) is 4.20. The molecular weight excluding hydrogens is 345 g/mol. The number of carbonyl (C=O) groups excluding carboxylic acids is 1. The first kappa shape index (κ1) is 16.5. The van der Waals surface area contributed by atoms with Gasteiger partial charge in [-0.2, -0.15) is 0 Å². The van der Waals surface area contributed by atoms with Gasteiger partial charge in [0.15, 0.2) is 6.10 Å². The van der Waals surface area contributed by atoms with Crippen molar-refractivity contribution in [3.05, 3.63) is 28.2 Å². The number of carbonyl (C=O) groups is 1. The highest BCUT2D eigenvalue weighted by Crippen LogP contribution is 2.55. The first-order valence-electron chi connectivity index (χ1n) is 8.86. The molecule has 4 fully saturated rings. The van der Waals surface area contributed by atoms with Crippen LogP contribution in [0, 0.1) is 17.8 Å². The summed E-state index contributed by atoms with van der Waals surface area (Å²) in [5.41, 5.74) is 0.00719. The van der Waals surface area contributed by atoms with Crippen LogP contribution >= 0.6 is 23.2 Å². The Bertz CT molecular complexity index is 625. The highest BCUT2D eigenvalue weighted by atomic mass is 35.5. The van der Waals surface area contributed by atoms with Crippen LogP contribution in [0.2, 0.25) is 10.0 Å². The average Bonchev–Trinajstić information content (AvgIpc) is 2.48. The van der Waals surface area contributed by atoms with Crippen LogP contribution in [-0.4, -0.2) is 17.6 Å². The zero-order chi connectivity index (χ0) is 16.9. The van der Waals surface area contributed by atoms with Gasteiger partial charge in [0.05, 0.1) is 5.02 Å². The zero-order valence-electron chi connectivity index (χ0n) is 13.9. The molecule has 1 atom stereocenters. The molecule has 1 aromatic rings. The third-order valence-electron chi connectivity index (χ3n) is 5.99. The molecule has 4 saturated carbocycles. The molecule has 3 nitrogen and oxygen atoms in total. The summed E-state index contributed by atoms with van der Waals surface area (Å²) in [5.74, 6) is 2.87. The van der Waals surface area contributed by atoms with E-state index in [0.717, 1.165) is 37.0 Å². The van der Waals surface area contributed by atoms with E-state index in [2.05, 4.69) is 5.32 Å². The Morgan fingerprint density at radius 1 is 1.17 bits per heavy atom. The molecule has 24 heavy (non-hydrogen) atoms. The van der Waals surface area contributed by atoms with Gasteiger partial charge in [-0.1, -0.05) is 23.2 Å². The van der Waals surface area contributed by atoms with Crippen molar-refractivity contribution in [3.63, 3.8) is 0 Å². The molecule has 5 rings (SSSR count). The lowest BCUT2D eigenvalue weighted by Crippen LogP contribution is -2.61. The lowest BCUT2D eigenvalue weighted by atomic mass is 9.53. The molecule has 1 amide bonds. The fraction of sp³-hybridized carbons (Fsp3) is 0.632. The maximum Gasteiger partial charge on any atom is 0.261 e. The maximum atomic E-state index is 12.7. The van der Waals surface area contributed by atoms with Crippen LogP contribution in [0.4, 0.5) is 0 Å². The molecular formula is C19H23Cl2NO2. The van der Waals surface area contributed by atoms with E-state index >= 15 is 0 Å². The minimum absolute atomic E-state index is 0.00719. The largest absolute Gasteiger partial charge is 0.479 e. The second kappa shape index (κ2) is 6.10. The Balaban J connectivity index is 1.42. The van der Waals surface area contributed by atoms with Crippen molar-refractivity contribution in [2.75, 3.05) is 0 Å². The molecule has 0 unspecified atom stereocenters. The van der Waals surface area contributed by atoms with Crippen molar-refractivity contribution < 1.29 is 9.53 Å². The van der Waals surface area contributed by atoms with Crippen LogP contribution in [-0.2, 0) is 4.79 Å². The number of rotatable bonds is 4. The van der Waals surface area contributed by atoms with Crippen LogP contribution in [0.1, 0.15) is 45.4 Å². The van der Waals surface area contributed by atoms with E-state index in [1.807, 2.05) is 0 Å². The molecule has 0 radical (unpaired) electrons. The van der Waals surface area contributed by atoms with E-state index in [-0.39, 0.29) is 11.4 Å². The molecule has 4 bridgehead atoms. The summed E-state index contributed by atoms with van der Waals surface area (Å²) in [6.45, 7) is 1.78. The minimum Gasteiger partial charge on any atom is -0.479 e. The fourth-order valence-electron chi connectivity index (χ4n) is 5.44. The molecule has 0 spiro atoms. The summed E-state index contributed by atoms with van der Waals surface area (Å²) in [4.78, 5) is 12.7. The maximum absolute atomic E-state index is 12.7. The van der Waals surface area contributed by atoms with Gasteiger partial charge in [-0.25, -0.2) is 0 Å². The minimum atomic E-state index is -0.573. The van der Waals surface area contributed by atoms with Gasteiger partial charge in [0.25, 0.3) is 5.91 Å². The summed E-state index contributed by atoms with van der Waals surface area (Å²) >= 11 is 12.0. The Morgan fingerprint density at radius 3 is 2.29 bits per heavy atom. The molecule has 0 aliphatic heterocycles. The van der Waals surface area contributed by atoms with Crippen molar-refractivity contribution in [2.24, 2.45) is 17.8 Å². The number of amides is 1. The SMILES string of the molecule is C[C@@H](Oc1ccc(Cl)cc1Cl)C(=O)NC12CC3CC(CC(C3)C1)C2. The van der Waals surface area contributed by atoms with Gasteiger partial charge in [-0.05, 0) is 81.4 Å². The van der Waals surface area contributed by atoms with Gasteiger partial charge >= 0.3 is 0 Å². The lowest BCUT2D eigenvalue weighted by Gasteiger charge is -2.57. The zero-order valence-corrected chi connectivity index (χ0v) is 15.4. The number of ether oxygens (including phenoxy) is 1. The smallest absolute Gasteiger partial charge is 0.261 e. The molecule has 130 valence electrons. The number of hydrogen-bond acceptors (Lipinski definition) is 2. The predicted molar refractivity (Wildman–Crippen MR) is 95.6 cm³/mol. The van der Waals surface area contributed by atoms with Crippen LogP contribution in [0.5, 0.6) is 5.75 Å². The van der Waals surface area contributed by atoms with Crippen molar-refractivity contribution in [1.29, 1.82) is 0 Å². The molecule has 0 heterocycles. The van der Waals surface area contributed by atoms with Gasteiger partial charge in [0, 0.05) is 10.6 Å². The van der Waals surface area contributed by atoms with Gasteiger partial charge in [0.2, 0.25) is 0 Å². The summed E-state index contributed by atoms with van der Waals surface area (Å²) in [5, 5.41) is 4.32. The molecule has 1 N–H and O–H groups in total. The van der Waals surface area contributed by atoms with E-state index in [9.17, 15) is 4.79 Å². The standard InChI is InChI=1S/C19H23Cl2NO2/c1-11(24-17-3-2-15(20)7-16(17)21)18(23)22-19-8-12-4-13(9-19)6-14(5-12)10-19/h2-3,7,11-14H,4-6,8-10H2,1H3,(H,22,23)/t11-,12?,13?,14?,19?/m1/s1. The average molecular weight is 368 g/mol. The van der Waals surface area contributed by atoms with Gasteiger partial charge in [-0.3, -0.25) is 4.79 Å².